The van der Waals surface area contributed by atoms with Crippen molar-refractivity contribution in [1.82, 2.24) is 9.88 Å². The van der Waals surface area contributed by atoms with Crippen LogP contribution in [0.2, 0.25) is 0 Å². The van der Waals surface area contributed by atoms with Gasteiger partial charge in [0.1, 0.15) is 18.7 Å². The summed E-state index contributed by atoms with van der Waals surface area (Å²) in [5.41, 5.74) is -0.0894. The predicted octanol–water partition coefficient (Wildman–Crippen LogP) is -0.528. The molecular weight excluding hydrogens is 280 g/mol. The fraction of sp³-hybridized carbons (Fsp3) is 0.385. The van der Waals surface area contributed by atoms with Gasteiger partial charge >= 0.3 is 11.9 Å². The van der Waals surface area contributed by atoms with Crippen molar-refractivity contribution in [1.29, 1.82) is 0 Å². The van der Waals surface area contributed by atoms with E-state index in [1.54, 1.807) is 6.92 Å². The molecule has 0 unspecified atom stereocenters. The van der Waals surface area contributed by atoms with Crippen LogP contribution in [-0.2, 0) is 19.1 Å². The van der Waals surface area contributed by atoms with Crippen LogP contribution in [-0.4, -0.2) is 55.0 Å². The van der Waals surface area contributed by atoms with E-state index in [-0.39, 0.29) is 5.56 Å². The summed E-state index contributed by atoms with van der Waals surface area (Å²) in [6.45, 7) is 0.742. The molecule has 0 bridgehead atoms. The molecule has 0 saturated heterocycles. The molecule has 114 valence electrons. The quantitative estimate of drug-likeness (QED) is 0.732. The Kier molecular flexibility index (Phi) is 5.65. The maximum absolute atomic E-state index is 12.3. The van der Waals surface area contributed by atoms with E-state index in [2.05, 4.69) is 14.5 Å². The zero-order valence-electron chi connectivity index (χ0n) is 12.0. The number of amides is 1. The average Bonchev–Trinajstić information content (AvgIpc) is 2.45. The van der Waals surface area contributed by atoms with Gasteiger partial charge in [-0.3, -0.25) is 19.2 Å². The van der Waals surface area contributed by atoms with Gasteiger partial charge in [-0.2, -0.15) is 0 Å². The zero-order chi connectivity index (χ0) is 16.0. The van der Waals surface area contributed by atoms with Gasteiger partial charge in [0.25, 0.3) is 5.91 Å². The van der Waals surface area contributed by atoms with Crippen molar-refractivity contribution in [3.8, 4) is 0 Å². The zero-order valence-corrected chi connectivity index (χ0v) is 12.0. The van der Waals surface area contributed by atoms with Crippen LogP contribution in [0.5, 0.6) is 0 Å². The largest absolute Gasteiger partial charge is 0.468 e. The van der Waals surface area contributed by atoms with Crippen molar-refractivity contribution < 1.29 is 23.9 Å². The lowest BCUT2D eigenvalue weighted by Gasteiger charge is -2.19. The van der Waals surface area contributed by atoms with Crippen molar-refractivity contribution in [3.05, 3.63) is 33.7 Å². The lowest BCUT2D eigenvalue weighted by Crippen LogP contribution is -2.41. The van der Waals surface area contributed by atoms with E-state index >= 15 is 0 Å². The molecule has 0 aliphatic heterocycles. The second-order valence-corrected chi connectivity index (χ2v) is 4.21. The van der Waals surface area contributed by atoms with Crippen molar-refractivity contribution in [3.63, 3.8) is 0 Å². The van der Waals surface area contributed by atoms with Gasteiger partial charge in [-0.1, -0.05) is 0 Å². The molecule has 1 aromatic heterocycles. The molecule has 1 heterocycles. The molecule has 0 atom stereocenters. The van der Waals surface area contributed by atoms with Crippen molar-refractivity contribution in [2.45, 2.75) is 6.92 Å². The number of esters is 2. The van der Waals surface area contributed by atoms with Crippen LogP contribution in [0, 0.1) is 6.92 Å². The average molecular weight is 296 g/mol. The minimum atomic E-state index is -0.757. The number of H-pyrrole nitrogens is 1. The number of aryl methyl sites for hydroxylation is 1. The Bertz CT molecular complexity index is 589. The van der Waals surface area contributed by atoms with E-state index in [0.29, 0.717) is 5.69 Å². The SMILES string of the molecule is COC(=O)CN(CC(=O)OC)C(=O)c1c[nH]c(C)cc1=O. The Labute approximate surface area is 120 Å². The fourth-order valence-corrected chi connectivity index (χ4v) is 1.55. The summed E-state index contributed by atoms with van der Waals surface area (Å²) in [5.74, 6) is -2.18. The standard InChI is InChI=1S/C13H16N2O6/c1-8-4-10(16)9(5-14-8)13(19)15(6-11(17)20-2)7-12(18)21-3/h4-5H,6-7H2,1-3H3,(H,14,16). The molecule has 1 aromatic rings. The Balaban J connectivity index is 3.05. The number of methoxy groups -OCH3 is 2. The van der Waals surface area contributed by atoms with Crippen LogP contribution in [0.3, 0.4) is 0 Å². The van der Waals surface area contributed by atoms with Crippen LogP contribution >= 0.6 is 0 Å². The molecule has 0 spiro atoms. The predicted molar refractivity (Wildman–Crippen MR) is 71.7 cm³/mol. The lowest BCUT2D eigenvalue weighted by atomic mass is 10.2. The first-order valence-electron chi connectivity index (χ1n) is 6.01. The molecular formula is C13H16N2O6. The molecule has 0 saturated carbocycles. The Hall–Kier alpha value is -2.64. The highest BCUT2D eigenvalue weighted by Crippen LogP contribution is 2.01. The maximum Gasteiger partial charge on any atom is 0.325 e. The highest BCUT2D eigenvalue weighted by molar-refractivity contribution is 5.97. The van der Waals surface area contributed by atoms with Crippen LogP contribution in [0.4, 0.5) is 0 Å². The third-order valence-electron chi connectivity index (χ3n) is 2.67. The monoisotopic (exact) mass is 296 g/mol. The topological polar surface area (TPSA) is 106 Å². The third-order valence-corrected chi connectivity index (χ3v) is 2.67. The maximum atomic E-state index is 12.3. The van der Waals surface area contributed by atoms with Crippen molar-refractivity contribution in [2.24, 2.45) is 0 Å². The van der Waals surface area contributed by atoms with Crippen molar-refractivity contribution in [2.75, 3.05) is 27.3 Å². The molecule has 8 heteroatoms. The molecule has 0 radical (unpaired) electrons. The molecule has 8 nitrogen and oxygen atoms in total. The number of aromatic amines is 1. The first kappa shape index (κ1) is 16.4. The number of carbonyl (C=O) groups is 3. The number of rotatable bonds is 5. The van der Waals surface area contributed by atoms with Gasteiger partial charge in [-0.25, -0.2) is 0 Å². The number of nitrogens with zero attached hydrogens (tertiary/aromatic N) is 1. The molecule has 21 heavy (non-hydrogen) atoms. The number of hydrogen-bond donors (Lipinski definition) is 1. The van der Waals surface area contributed by atoms with E-state index in [1.807, 2.05) is 0 Å². The number of nitrogens with one attached hydrogen (secondary N) is 1. The summed E-state index contributed by atoms with van der Waals surface area (Å²) in [5, 5.41) is 0. The van der Waals surface area contributed by atoms with Crippen LogP contribution in [0.15, 0.2) is 17.1 Å². The summed E-state index contributed by atoms with van der Waals surface area (Å²) >= 11 is 0. The van der Waals surface area contributed by atoms with Gasteiger partial charge in [0.15, 0.2) is 5.43 Å². The second kappa shape index (κ2) is 7.22. The molecule has 1 rings (SSSR count). The fourth-order valence-electron chi connectivity index (χ4n) is 1.55. The first-order valence-corrected chi connectivity index (χ1v) is 6.01. The van der Waals surface area contributed by atoms with Gasteiger partial charge in [0, 0.05) is 18.0 Å². The minimum Gasteiger partial charge on any atom is -0.468 e. The molecule has 0 aliphatic carbocycles. The van der Waals surface area contributed by atoms with E-state index < -0.39 is 36.4 Å². The summed E-state index contributed by atoms with van der Waals surface area (Å²) in [4.78, 5) is 50.3. The molecule has 0 aromatic carbocycles. The smallest absolute Gasteiger partial charge is 0.325 e. The number of carbonyl (C=O) groups excluding carboxylic acids is 3. The number of hydrogen-bond acceptors (Lipinski definition) is 6. The molecule has 0 aliphatic rings. The molecule has 0 fully saturated rings. The number of aromatic nitrogens is 1. The first-order chi connectivity index (χ1) is 9.88. The Morgan fingerprint density at radius 3 is 2.10 bits per heavy atom. The summed E-state index contributed by atoms with van der Waals surface area (Å²) in [7, 11) is 2.31. The number of pyridine rings is 1. The summed E-state index contributed by atoms with van der Waals surface area (Å²) in [6.07, 6.45) is 1.24. The highest BCUT2D eigenvalue weighted by atomic mass is 16.5. The van der Waals surface area contributed by atoms with E-state index in [0.717, 1.165) is 19.1 Å². The van der Waals surface area contributed by atoms with Gasteiger partial charge in [-0.15, -0.1) is 0 Å². The third kappa shape index (κ3) is 4.44. The molecule has 1 amide bonds. The van der Waals surface area contributed by atoms with E-state index in [9.17, 15) is 19.2 Å². The normalized spacial score (nSPS) is 9.86. The Morgan fingerprint density at radius 2 is 1.67 bits per heavy atom. The summed E-state index contributed by atoms with van der Waals surface area (Å²) < 4.78 is 8.92. The van der Waals surface area contributed by atoms with E-state index in [4.69, 9.17) is 0 Å². The van der Waals surface area contributed by atoms with Gasteiger partial charge in [0.2, 0.25) is 0 Å². The van der Waals surface area contributed by atoms with Crippen LogP contribution < -0.4 is 5.43 Å². The number of ether oxygens (including phenoxy) is 2. The van der Waals surface area contributed by atoms with Gasteiger partial charge < -0.3 is 19.4 Å². The van der Waals surface area contributed by atoms with Crippen LogP contribution in [0.1, 0.15) is 16.1 Å². The minimum absolute atomic E-state index is 0.173. The summed E-state index contributed by atoms with van der Waals surface area (Å²) in [6, 6.07) is 1.25. The highest BCUT2D eigenvalue weighted by Gasteiger charge is 2.24. The van der Waals surface area contributed by atoms with E-state index in [1.165, 1.54) is 12.3 Å². The van der Waals surface area contributed by atoms with Gasteiger partial charge in [0.05, 0.1) is 14.2 Å². The van der Waals surface area contributed by atoms with Crippen molar-refractivity contribution >= 4 is 17.8 Å². The van der Waals surface area contributed by atoms with Gasteiger partial charge in [-0.05, 0) is 6.92 Å². The second-order valence-electron chi connectivity index (χ2n) is 4.21. The lowest BCUT2D eigenvalue weighted by molar-refractivity contribution is -0.144. The molecule has 1 N–H and O–H groups in total. The Morgan fingerprint density at radius 1 is 1.14 bits per heavy atom. The van der Waals surface area contributed by atoms with Crippen LogP contribution in [0.25, 0.3) is 0 Å².